The summed E-state index contributed by atoms with van der Waals surface area (Å²) in [6.45, 7) is 4.91. The number of amides is 1. The highest BCUT2D eigenvalue weighted by molar-refractivity contribution is 5.76. The molecule has 0 aromatic heterocycles. The summed E-state index contributed by atoms with van der Waals surface area (Å²) in [7, 11) is 0. The van der Waals surface area contributed by atoms with Crippen LogP contribution in [0, 0.1) is 0 Å². The number of carbonyl (C=O) groups is 2. The van der Waals surface area contributed by atoms with Crippen LogP contribution in [0.3, 0.4) is 0 Å². The molecule has 0 spiro atoms. The lowest BCUT2D eigenvalue weighted by Crippen LogP contribution is -2.45. The molecule has 1 amide bonds. The van der Waals surface area contributed by atoms with Gasteiger partial charge >= 0.3 is 5.97 Å². The van der Waals surface area contributed by atoms with E-state index in [9.17, 15) is 19.8 Å². The topological polar surface area (TPSA) is 95.9 Å². The van der Waals surface area contributed by atoms with E-state index in [0.29, 0.717) is 19.4 Å². The van der Waals surface area contributed by atoms with Gasteiger partial charge in [0.15, 0.2) is 0 Å². The molecule has 0 saturated carbocycles. The number of carbonyl (C=O) groups excluding carboxylic acids is 2. The molecular formula is C64H123NO5. The second kappa shape index (κ2) is 59.9. The summed E-state index contributed by atoms with van der Waals surface area (Å²) in [5, 5.41) is 23.2. The fraction of sp³-hybridized carbons (Fsp3) is 0.906. The molecule has 0 aliphatic carbocycles. The SMILES string of the molecule is CCCCCCCCCCCCCCCCCCCC/C=C/C(O)C(CO)NC(=O)CCCCCCC/C=C\CCCCCCCCCOC(=O)CCCCCCCCCCCCCCCCCCC. The highest BCUT2D eigenvalue weighted by atomic mass is 16.5. The van der Waals surface area contributed by atoms with Gasteiger partial charge in [-0.05, 0) is 57.8 Å². The molecular weight excluding hydrogens is 863 g/mol. The van der Waals surface area contributed by atoms with Gasteiger partial charge in [0.25, 0.3) is 0 Å². The molecule has 70 heavy (non-hydrogen) atoms. The average Bonchev–Trinajstić information content (AvgIpc) is 3.36. The van der Waals surface area contributed by atoms with Crippen molar-refractivity contribution in [1.82, 2.24) is 5.32 Å². The molecule has 6 nitrogen and oxygen atoms in total. The summed E-state index contributed by atoms with van der Waals surface area (Å²) in [6.07, 6.45) is 73.6. The van der Waals surface area contributed by atoms with Gasteiger partial charge < -0.3 is 20.3 Å². The molecule has 0 aromatic rings. The van der Waals surface area contributed by atoms with Crippen LogP contribution in [0.2, 0.25) is 0 Å². The van der Waals surface area contributed by atoms with Crippen molar-refractivity contribution in [1.29, 1.82) is 0 Å². The maximum absolute atomic E-state index is 12.5. The molecule has 0 rings (SSSR count). The third kappa shape index (κ3) is 55.7. The number of hydrogen-bond donors (Lipinski definition) is 3. The van der Waals surface area contributed by atoms with Gasteiger partial charge in [0.1, 0.15) is 0 Å². The molecule has 0 saturated heterocycles. The highest BCUT2D eigenvalue weighted by Crippen LogP contribution is 2.18. The second-order valence-electron chi connectivity index (χ2n) is 21.7. The van der Waals surface area contributed by atoms with Crippen LogP contribution in [-0.2, 0) is 14.3 Å². The Labute approximate surface area is 437 Å². The first-order valence-electron chi connectivity index (χ1n) is 31.6. The monoisotopic (exact) mass is 986 g/mol. The summed E-state index contributed by atoms with van der Waals surface area (Å²) in [6, 6.07) is -0.640. The first-order chi connectivity index (χ1) is 34.5. The van der Waals surface area contributed by atoms with Gasteiger partial charge in [0, 0.05) is 12.8 Å². The van der Waals surface area contributed by atoms with Crippen LogP contribution in [0.15, 0.2) is 24.3 Å². The van der Waals surface area contributed by atoms with E-state index in [1.54, 1.807) is 6.08 Å². The number of allylic oxidation sites excluding steroid dienone is 3. The van der Waals surface area contributed by atoms with Gasteiger partial charge in [-0.1, -0.05) is 301 Å². The molecule has 0 heterocycles. The van der Waals surface area contributed by atoms with E-state index in [4.69, 9.17) is 4.74 Å². The number of nitrogens with one attached hydrogen (secondary N) is 1. The van der Waals surface area contributed by atoms with Crippen LogP contribution in [0.4, 0.5) is 0 Å². The van der Waals surface area contributed by atoms with Crippen molar-refractivity contribution in [2.24, 2.45) is 0 Å². The summed E-state index contributed by atoms with van der Waals surface area (Å²) in [5.41, 5.74) is 0. The maximum atomic E-state index is 12.5. The molecule has 3 N–H and O–H groups in total. The predicted octanol–water partition coefficient (Wildman–Crippen LogP) is 19.8. The van der Waals surface area contributed by atoms with Crippen LogP contribution in [-0.4, -0.2) is 47.4 Å². The lowest BCUT2D eigenvalue weighted by molar-refractivity contribution is -0.143. The van der Waals surface area contributed by atoms with Crippen molar-refractivity contribution in [2.45, 2.75) is 360 Å². The van der Waals surface area contributed by atoms with Crippen LogP contribution in [0.1, 0.15) is 348 Å². The normalized spacial score (nSPS) is 12.7. The summed E-state index contributed by atoms with van der Waals surface area (Å²) < 4.78 is 5.49. The summed E-state index contributed by atoms with van der Waals surface area (Å²) >= 11 is 0. The van der Waals surface area contributed by atoms with Crippen molar-refractivity contribution in [2.75, 3.05) is 13.2 Å². The van der Waals surface area contributed by atoms with E-state index in [1.165, 1.54) is 257 Å². The first kappa shape index (κ1) is 68.3. The van der Waals surface area contributed by atoms with Gasteiger partial charge in [-0.3, -0.25) is 9.59 Å². The van der Waals surface area contributed by atoms with Gasteiger partial charge in [-0.2, -0.15) is 0 Å². The van der Waals surface area contributed by atoms with Crippen molar-refractivity contribution in [3.05, 3.63) is 24.3 Å². The molecule has 414 valence electrons. The molecule has 0 aliphatic heterocycles. The minimum absolute atomic E-state index is 0.000706. The van der Waals surface area contributed by atoms with E-state index in [-0.39, 0.29) is 18.5 Å². The number of esters is 1. The van der Waals surface area contributed by atoms with Crippen molar-refractivity contribution >= 4 is 11.9 Å². The Kier molecular flexibility index (Phi) is 58.5. The molecule has 2 unspecified atom stereocenters. The van der Waals surface area contributed by atoms with Gasteiger partial charge in [0.2, 0.25) is 5.91 Å². The third-order valence-corrected chi connectivity index (χ3v) is 14.7. The lowest BCUT2D eigenvalue weighted by atomic mass is 10.0. The van der Waals surface area contributed by atoms with E-state index < -0.39 is 12.1 Å². The first-order valence-corrected chi connectivity index (χ1v) is 31.6. The zero-order chi connectivity index (χ0) is 50.7. The van der Waals surface area contributed by atoms with Gasteiger partial charge in [-0.15, -0.1) is 0 Å². The molecule has 2 atom stereocenters. The zero-order valence-electron chi connectivity index (χ0n) is 47.3. The fourth-order valence-electron chi connectivity index (χ4n) is 9.87. The van der Waals surface area contributed by atoms with Gasteiger partial charge in [-0.25, -0.2) is 0 Å². The molecule has 0 bridgehead atoms. The number of ether oxygens (including phenoxy) is 1. The van der Waals surface area contributed by atoms with Crippen LogP contribution < -0.4 is 5.32 Å². The average molecular weight is 987 g/mol. The van der Waals surface area contributed by atoms with Crippen LogP contribution >= 0.6 is 0 Å². The Morgan fingerprint density at radius 1 is 0.386 bits per heavy atom. The number of unbranched alkanes of at least 4 members (excludes halogenated alkanes) is 46. The minimum atomic E-state index is -0.855. The Bertz CT molecular complexity index is 1090. The largest absolute Gasteiger partial charge is 0.466 e. The van der Waals surface area contributed by atoms with E-state index >= 15 is 0 Å². The summed E-state index contributed by atoms with van der Waals surface area (Å²) in [5.74, 6) is -0.0812. The predicted molar refractivity (Wildman–Crippen MR) is 306 cm³/mol. The Morgan fingerprint density at radius 2 is 0.671 bits per heavy atom. The number of aliphatic hydroxyl groups excluding tert-OH is 2. The molecule has 0 aliphatic rings. The molecule has 6 heteroatoms. The van der Waals surface area contributed by atoms with Crippen molar-refractivity contribution in [3.63, 3.8) is 0 Å². The molecule has 0 radical (unpaired) electrons. The Balaban J connectivity index is 3.47. The maximum Gasteiger partial charge on any atom is 0.305 e. The van der Waals surface area contributed by atoms with E-state index in [2.05, 4.69) is 31.3 Å². The number of aliphatic hydroxyl groups is 2. The highest BCUT2D eigenvalue weighted by Gasteiger charge is 2.18. The fourth-order valence-corrected chi connectivity index (χ4v) is 9.87. The van der Waals surface area contributed by atoms with Crippen LogP contribution in [0.5, 0.6) is 0 Å². The van der Waals surface area contributed by atoms with Crippen LogP contribution in [0.25, 0.3) is 0 Å². The van der Waals surface area contributed by atoms with E-state index in [0.717, 1.165) is 64.2 Å². The zero-order valence-corrected chi connectivity index (χ0v) is 47.3. The van der Waals surface area contributed by atoms with Crippen molar-refractivity contribution < 1.29 is 24.5 Å². The quantitative estimate of drug-likeness (QED) is 0.0321. The minimum Gasteiger partial charge on any atom is -0.466 e. The third-order valence-electron chi connectivity index (χ3n) is 14.7. The Morgan fingerprint density at radius 3 is 1.01 bits per heavy atom. The van der Waals surface area contributed by atoms with Gasteiger partial charge in [0.05, 0.1) is 25.4 Å². The summed E-state index contributed by atoms with van der Waals surface area (Å²) in [4.78, 5) is 24.6. The lowest BCUT2D eigenvalue weighted by Gasteiger charge is -2.20. The number of rotatable bonds is 59. The standard InChI is InChI=1S/C64H123NO5/c1-3-5-7-9-11-13-15-17-19-21-22-23-25-28-32-36-40-44-48-52-56-62(67)61(60-66)65-63(68)57-53-49-45-41-37-33-29-26-27-31-35-39-43-47-51-55-59-70-64(69)58-54-50-46-42-38-34-30-24-20-18-16-14-12-10-8-6-4-2/h26,29,52,56,61-62,66-67H,3-25,27-28,30-51,53-55,57-60H2,1-2H3,(H,65,68)/b29-26-,56-52+. The van der Waals surface area contributed by atoms with Crippen molar-refractivity contribution in [3.8, 4) is 0 Å². The smallest absolute Gasteiger partial charge is 0.305 e. The number of hydrogen-bond acceptors (Lipinski definition) is 5. The Hall–Kier alpha value is -1.66. The van der Waals surface area contributed by atoms with E-state index in [1.807, 2.05) is 6.08 Å². The molecule has 0 aromatic carbocycles. The molecule has 0 fully saturated rings. The second-order valence-corrected chi connectivity index (χ2v) is 21.7.